The molecule has 0 bridgehead atoms. The van der Waals surface area contributed by atoms with E-state index in [2.05, 4.69) is 0 Å². The second kappa shape index (κ2) is 2.91. The monoisotopic (exact) mass is 198 g/mol. The number of hydrogen-bond donors (Lipinski definition) is 1. The Labute approximate surface area is 78.4 Å². The largest absolute Gasteiger partial charge is 0.491 e. The van der Waals surface area contributed by atoms with Gasteiger partial charge in [-0.15, -0.1) is 0 Å². The van der Waals surface area contributed by atoms with Crippen molar-refractivity contribution in [3.63, 3.8) is 0 Å². The zero-order valence-corrected chi connectivity index (χ0v) is 7.07. The number of nitrogens with zero attached hydrogens (tertiary/aromatic N) is 1. The maximum absolute atomic E-state index is 13.5. The molecule has 0 fully saturated rings. The molecule has 6 heteroatoms. The van der Waals surface area contributed by atoms with Gasteiger partial charge in [0, 0.05) is 6.07 Å². The number of benzene rings is 1. The lowest BCUT2D eigenvalue weighted by atomic mass is 10.1. The Bertz CT molecular complexity index is 408. The molecule has 0 aromatic heterocycles. The predicted molar refractivity (Wildman–Crippen MR) is 45.5 cm³/mol. The number of rotatable bonds is 1. The van der Waals surface area contributed by atoms with Gasteiger partial charge < -0.3 is 10.5 Å². The van der Waals surface area contributed by atoms with Crippen LogP contribution >= 0.6 is 0 Å². The summed E-state index contributed by atoms with van der Waals surface area (Å²) in [5, 5.41) is 10.4. The summed E-state index contributed by atoms with van der Waals surface area (Å²) in [4.78, 5) is 9.64. The van der Waals surface area contributed by atoms with Crippen LogP contribution in [-0.2, 0) is 0 Å². The summed E-state index contributed by atoms with van der Waals surface area (Å²) >= 11 is 0. The molecule has 0 saturated carbocycles. The van der Waals surface area contributed by atoms with Crippen molar-refractivity contribution in [1.82, 2.24) is 0 Å². The molecule has 1 heterocycles. The standard InChI is InChI=1S/C8H7FN2O3/c9-8-5(11(12)13)1-2-6-7(8)4(10)3-14-6/h1-2,4H,3,10H2/t4-/m0/s1. The summed E-state index contributed by atoms with van der Waals surface area (Å²) in [7, 11) is 0. The van der Waals surface area contributed by atoms with Crippen molar-refractivity contribution < 1.29 is 14.1 Å². The van der Waals surface area contributed by atoms with Crippen LogP contribution in [0.25, 0.3) is 0 Å². The van der Waals surface area contributed by atoms with Crippen LogP contribution in [-0.4, -0.2) is 11.5 Å². The lowest BCUT2D eigenvalue weighted by Gasteiger charge is -2.02. The zero-order chi connectivity index (χ0) is 10.3. The third-order valence-corrected chi connectivity index (χ3v) is 2.11. The van der Waals surface area contributed by atoms with Gasteiger partial charge in [0.15, 0.2) is 0 Å². The Morgan fingerprint density at radius 2 is 2.36 bits per heavy atom. The van der Waals surface area contributed by atoms with Crippen LogP contribution in [0.4, 0.5) is 10.1 Å². The first kappa shape index (κ1) is 8.89. The summed E-state index contributed by atoms with van der Waals surface area (Å²) < 4.78 is 18.5. The molecular formula is C8H7FN2O3. The minimum absolute atomic E-state index is 0.0965. The van der Waals surface area contributed by atoms with Crippen molar-refractivity contribution in [1.29, 1.82) is 0 Å². The fraction of sp³-hybridized carbons (Fsp3) is 0.250. The molecule has 1 atom stereocenters. The van der Waals surface area contributed by atoms with E-state index in [1.54, 1.807) is 0 Å². The van der Waals surface area contributed by atoms with Crippen LogP contribution in [0.5, 0.6) is 5.75 Å². The second-order valence-corrected chi connectivity index (χ2v) is 2.99. The van der Waals surface area contributed by atoms with Crippen LogP contribution in [0.2, 0.25) is 0 Å². The molecule has 1 aromatic rings. The lowest BCUT2D eigenvalue weighted by Crippen LogP contribution is -2.12. The number of ether oxygens (including phenoxy) is 1. The quantitative estimate of drug-likeness (QED) is 0.541. The van der Waals surface area contributed by atoms with Gasteiger partial charge in [0.25, 0.3) is 0 Å². The molecule has 1 aromatic carbocycles. The van der Waals surface area contributed by atoms with E-state index in [9.17, 15) is 14.5 Å². The summed E-state index contributed by atoms with van der Waals surface area (Å²) in [5.41, 5.74) is 5.06. The highest BCUT2D eigenvalue weighted by molar-refractivity contribution is 5.49. The van der Waals surface area contributed by atoms with Crippen LogP contribution in [0.15, 0.2) is 12.1 Å². The highest BCUT2D eigenvalue weighted by atomic mass is 19.1. The minimum atomic E-state index is -0.891. The molecule has 14 heavy (non-hydrogen) atoms. The van der Waals surface area contributed by atoms with Gasteiger partial charge in [-0.05, 0) is 6.07 Å². The van der Waals surface area contributed by atoms with Gasteiger partial charge in [-0.2, -0.15) is 4.39 Å². The molecule has 0 saturated heterocycles. The molecule has 0 unspecified atom stereocenters. The molecule has 0 spiro atoms. The summed E-state index contributed by atoms with van der Waals surface area (Å²) in [5.74, 6) is -0.599. The molecule has 0 amide bonds. The van der Waals surface area contributed by atoms with Gasteiger partial charge in [0.1, 0.15) is 12.4 Å². The molecule has 74 valence electrons. The fourth-order valence-corrected chi connectivity index (χ4v) is 1.44. The first-order chi connectivity index (χ1) is 6.61. The number of hydrogen-bond acceptors (Lipinski definition) is 4. The van der Waals surface area contributed by atoms with E-state index in [-0.39, 0.29) is 12.2 Å². The molecule has 1 aliphatic heterocycles. The SMILES string of the molecule is N[C@H]1COc2ccc([N+](=O)[O-])c(F)c21. The molecule has 2 rings (SSSR count). The minimum Gasteiger partial charge on any atom is -0.491 e. The van der Waals surface area contributed by atoms with Crippen molar-refractivity contribution >= 4 is 5.69 Å². The third-order valence-electron chi connectivity index (χ3n) is 2.11. The maximum Gasteiger partial charge on any atom is 0.305 e. The Hall–Kier alpha value is -1.69. The van der Waals surface area contributed by atoms with Gasteiger partial charge in [0.05, 0.1) is 16.5 Å². The van der Waals surface area contributed by atoms with Gasteiger partial charge in [-0.1, -0.05) is 0 Å². The highest BCUT2D eigenvalue weighted by Crippen LogP contribution is 2.36. The van der Waals surface area contributed by atoms with Crippen LogP contribution in [0.1, 0.15) is 11.6 Å². The molecule has 0 radical (unpaired) electrons. The van der Waals surface area contributed by atoms with Gasteiger partial charge in [-0.3, -0.25) is 10.1 Å². The van der Waals surface area contributed by atoms with E-state index in [0.717, 1.165) is 6.07 Å². The average Bonchev–Trinajstić information content (AvgIpc) is 2.48. The Balaban J connectivity index is 2.61. The Kier molecular flexibility index (Phi) is 1.85. The third kappa shape index (κ3) is 1.12. The van der Waals surface area contributed by atoms with Crippen molar-refractivity contribution in [2.24, 2.45) is 5.73 Å². The van der Waals surface area contributed by atoms with Crippen LogP contribution in [0, 0.1) is 15.9 Å². The van der Waals surface area contributed by atoms with E-state index < -0.39 is 22.5 Å². The molecule has 5 nitrogen and oxygen atoms in total. The van der Waals surface area contributed by atoms with Crippen molar-refractivity contribution in [3.05, 3.63) is 33.6 Å². The van der Waals surface area contributed by atoms with Gasteiger partial charge >= 0.3 is 5.69 Å². The molecular weight excluding hydrogens is 191 g/mol. The Morgan fingerprint density at radius 3 is 3.00 bits per heavy atom. The van der Waals surface area contributed by atoms with Crippen molar-refractivity contribution in [2.45, 2.75) is 6.04 Å². The molecule has 1 aliphatic rings. The van der Waals surface area contributed by atoms with Crippen molar-refractivity contribution in [2.75, 3.05) is 6.61 Å². The first-order valence-corrected chi connectivity index (χ1v) is 3.96. The lowest BCUT2D eigenvalue weighted by molar-refractivity contribution is -0.387. The summed E-state index contributed by atoms with van der Waals surface area (Å²) in [6.45, 7) is 0.160. The Morgan fingerprint density at radius 1 is 1.64 bits per heavy atom. The number of fused-ring (bicyclic) bond motifs is 1. The fourth-order valence-electron chi connectivity index (χ4n) is 1.44. The maximum atomic E-state index is 13.5. The average molecular weight is 198 g/mol. The summed E-state index contributed by atoms with van der Waals surface area (Å²) in [6, 6.07) is 1.82. The smallest absolute Gasteiger partial charge is 0.305 e. The molecule has 0 aliphatic carbocycles. The normalized spacial score (nSPS) is 18.9. The van der Waals surface area contributed by atoms with Crippen molar-refractivity contribution in [3.8, 4) is 5.75 Å². The number of nitro benzene ring substituents is 1. The van der Waals surface area contributed by atoms with E-state index in [4.69, 9.17) is 10.5 Å². The number of nitrogens with two attached hydrogens (primary N) is 1. The van der Waals surface area contributed by atoms with Gasteiger partial charge in [-0.25, -0.2) is 0 Å². The van der Waals surface area contributed by atoms with E-state index in [1.165, 1.54) is 6.07 Å². The number of halogens is 1. The highest BCUT2D eigenvalue weighted by Gasteiger charge is 2.30. The van der Waals surface area contributed by atoms with E-state index in [0.29, 0.717) is 5.75 Å². The second-order valence-electron chi connectivity index (χ2n) is 2.99. The van der Waals surface area contributed by atoms with Gasteiger partial charge in [0.2, 0.25) is 5.82 Å². The molecule has 2 N–H and O–H groups in total. The van der Waals surface area contributed by atoms with E-state index >= 15 is 0 Å². The van der Waals surface area contributed by atoms with Crippen LogP contribution in [0.3, 0.4) is 0 Å². The summed E-state index contributed by atoms with van der Waals surface area (Å²) in [6.07, 6.45) is 0. The number of nitro groups is 1. The topological polar surface area (TPSA) is 78.4 Å². The predicted octanol–water partition coefficient (Wildman–Crippen LogP) is 1.13. The first-order valence-electron chi connectivity index (χ1n) is 3.96. The van der Waals surface area contributed by atoms with Crippen LogP contribution < -0.4 is 10.5 Å². The van der Waals surface area contributed by atoms with E-state index in [1.807, 2.05) is 0 Å². The zero-order valence-electron chi connectivity index (χ0n) is 7.07.